The van der Waals surface area contributed by atoms with Gasteiger partial charge in [-0.2, -0.15) is 0 Å². The van der Waals surface area contributed by atoms with E-state index in [0.29, 0.717) is 25.7 Å². The van der Waals surface area contributed by atoms with Crippen LogP contribution in [0.15, 0.2) is 48.5 Å². The number of tetrazole rings is 1. The number of ether oxygens (including phenoxy) is 2. The molecule has 0 spiro atoms. The Morgan fingerprint density at radius 3 is 2.56 bits per heavy atom. The summed E-state index contributed by atoms with van der Waals surface area (Å²) >= 11 is 0. The van der Waals surface area contributed by atoms with Crippen LogP contribution < -0.4 is 14.8 Å². The molecule has 0 radical (unpaired) electrons. The summed E-state index contributed by atoms with van der Waals surface area (Å²) in [5.41, 5.74) is 2.17. The van der Waals surface area contributed by atoms with Crippen LogP contribution in [0.4, 0.5) is 5.95 Å². The minimum absolute atomic E-state index is 0.503. The Hall–Kier alpha value is -3.09. The summed E-state index contributed by atoms with van der Waals surface area (Å²) in [4.78, 5) is 0. The van der Waals surface area contributed by atoms with Crippen LogP contribution in [0.1, 0.15) is 18.1 Å². The molecule has 25 heavy (non-hydrogen) atoms. The van der Waals surface area contributed by atoms with E-state index in [1.165, 1.54) is 0 Å². The predicted octanol–water partition coefficient (Wildman–Crippen LogP) is 2.80. The molecule has 1 heterocycles. The third-order valence-electron chi connectivity index (χ3n) is 3.62. The summed E-state index contributed by atoms with van der Waals surface area (Å²) in [7, 11) is 1.79. The molecule has 0 saturated carbocycles. The third-order valence-corrected chi connectivity index (χ3v) is 3.62. The van der Waals surface area contributed by atoms with Crippen molar-refractivity contribution in [2.45, 2.75) is 20.1 Å². The SMILES string of the molecule is CCOc1cc(CNc2nnnn2C)ccc1OCc1ccccc1. The van der Waals surface area contributed by atoms with Crippen LogP contribution in [0, 0.1) is 0 Å². The van der Waals surface area contributed by atoms with Crippen molar-refractivity contribution < 1.29 is 9.47 Å². The molecule has 0 fully saturated rings. The van der Waals surface area contributed by atoms with Crippen molar-refractivity contribution in [2.75, 3.05) is 11.9 Å². The van der Waals surface area contributed by atoms with E-state index >= 15 is 0 Å². The van der Waals surface area contributed by atoms with Gasteiger partial charge < -0.3 is 14.8 Å². The second kappa shape index (κ2) is 8.14. The number of rotatable bonds is 8. The Bertz CT molecular complexity index is 804. The number of nitrogens with zero attached hydrogens (tertiary/aromatic N) is 4. The molecule has 0 amide bonds. The highest BCUT2D eigenvalue weighted by atomic mass is 16.5. The molecule has 7 nitrogen and oxygen atoms in total. The molecular weight excluding hydrogens is 318 g/mol. The Labute approximate surface area is 146 Å². The summed E-state index contributed by atoms with van der Waals surface area (Å²) < 4.78 is 13.2. The maximum atomic E-state index is 5.92. The van der Waals surface area contributed by atoms with Gasteiger partial charge in [0.15, 0.2) is 11.5 Å². The van der Waals surface area contributed by atoms with Gasteiger partial charge in [-0.25, -0.2) is 4.68 Å². The van der Waals surface area contributed by atoms with E-state index in [0.717, 1.165) is 22.6 Å². The standard InChI is InChI=1S/C18H21N5O2/c1-3-24-17-11-15(12-19-18-20-21-22-23(18)2)9-10-16(17)25-13-14-7-5-4-6-8-14/h4-11H,3,12-13H2,1-2H3,(H,19,20,22). The zero-order valence-electron chi connectivity index (χ0n) is 14.3. The van der Waals surface area contributed by atoms with Crippen molar-refractivity contribution in [3.05, 3.63) is 59.7 Å². The van der Waals surface area contributed by atoms with Gasteiger partial charge >= 0.3 is 0 Å². The molecule has 0 atom stereocenters. The smallest absolute Gasteiger partial charge is 0.242 e. The molecule has 1 N–H and O–H groups in total. The number of aryl methyl sites for hydroxylation is 1. The third kappa shape index (κ3) is 4.47. The second-order valence-corrected chi connectivity index (χ2v) is 5.47. The monoisotopic (exact) mass is 339 g/mol. The molecule has 0 aliphatic heterocycles. The Morgan fingerprint density at radius 1 is 1.00 bits per heavy atom. The summed E-state index contributed by atoms with van der Waals surface area (Å²) in [5, 5.41) is 14.5. The molecule has 0 bridgehead atoms. The zero-order chi connectivity index (χ0) is 17.5. The van der Waals surface area contributed by atoms with Crippen molar-refractivity contribution >= 4 is 5.95 Å². The first-order valence-electron chi connectivity index (χ1n) is 8.15. The number of aromatic nitrogens is 4. The summed E-state index contributed by atoms with van der Waals surface area (Å²) in [6.45, 7) is 3.62. The molecule has 0 aliphatic carbocycles. The van der Waals surface area contributed by atoms with E-state index in [1.807, 2.05) is 55.5 Å². The average Bonchev–Trinajstić information content (AvgIpc) is 3.05. The van der Waals surface area contributed by atoms with Gasteiger partial charge in [0.2, 0.25) is 5.95 Å². The highest BCUT2D eigenvalue weighted by Gasteiger charge is 2.08. The van der Waals surface area contributed by atoms with Gasteiger partial charge in [-0.05, 0) is 40.6 Å². The quantitative estimate of drug-likeness (QED) is 0.680. The first-order valence-corrected chi connectivity index (χ1v) is 8.15. The molecule has 3 aromatic rings. The second-order valence-electron chi connectivity index (χ2n) is 5.47. The summed E-state index contributed by atoms with van der Waals surface area (Å²) in [6, 6.07) is 16.0. The van der Waals surface area contributed by atoms with Crippen LogP contribution in [-0.2, 0) is 20.2 Å². The highest BCUT2D eigenvalue weighted by Crippen LogP contribution is 2.29. The van der Waals surface area contributed by atoms with E-state index < -0.39 is 0 Å². The van der Waals surface area contributed by atoms with Crippen molar-refractivity contribution in [3.8, 4) is 11.5 Å². The van der Waals surface area contributed by atoms with Crippen molar-refractivity contribution in [1.29, 1.82) is 0 Å². The van der Waals surface area contributed by atoms with Gasteiger partial charge in [0.05, 0.1) is 6.61 Å². The van der Waals surface area contributed by atoms with E-state index in [2.05, 4.69) is 20.8 Å². The van der Waals surface area contributed by atoms with Crippen molar-refractivity contribution in [2.24, 2.45) is 7.05 Å². The van der Waals surface area contributed by atoms with E-state index in [4.69, 9.17) is 9.47 Å². The average molecular weight is 339 g/mol. The Kier molecular flexibility index (Phi) is 5.46. The van der Waals surface area contributed by atoms with Crippen LogP contribution in [0.2, 0.25) is 0 Å². The molecule has 130 valence electrons. The minimum atomic E-state index is 0.503. The first kappa shape index (κ1) is 16.8. The highest BCUT2D eigenvalue weighted by molar-refractivity contribution is 5.44. The number of anilines is 1. The van der Waals surface area contributed by atoms with E-state index in [1.54, 1.807) is 11.7 Å². The maximum Gasteiger partial charge on any atom is 0.242 e. The molecule has 0 saturated heterocycles. The maximum absolute atomic E-state index is 5.92. The van der Waals surface area contributed by atoms with Crippen molar-refractivity contribution in [1.82, 2.24) is 20.2 Å². The Morgan fingerprint density at radius 2 is 1.84 bits per heavy atom. The van der Waals surface area contributed by atoms with Gasteiger partial charge in [-0.1, -0.05) is 41.5 Å². The van der Waals surface area contributed by atoms with Crippen LogP contribution in [0.3, 0.4) is 0 Å². The number of benzene rings is 2. The number of hydrogen-bond acceptors (Lipinski definition) is 6. The van der Waals surface area contributed by atoms with E-state index in [9.17, 15) is 0 Å². The van der Waals surface area contributed by atoms with Crippen LogP contribution in [0.25, 0.3) is 0 Å². The normalized spacial score (nSPS) is 10.5. The van der Waals surface area contributed by atoms with Gasteiger partial charge in [0.1, 0.15) is 6.61 Å². The van der Waals surface area contributed by atoms with Gasteiger partial charge in [-0.3, -0.25) is 0 Å². The lowest BCUT2D eigenvalue weighted by Crippen LogP contribution is -2.06. The lowest BCUT2D eigenvalue weighted by molar-refractivity contribution is 0.269. The lowest BCUT2D eigenvalue weighted by Gasteiger charge is -2.14. The van der Waals surface area contributed by atoms with Gasteiger partial charge in [0, 0.05) is 13.6 Å². The van der Waals surface area contributed by atoms with Gasteiger partial charge in [-0.15, -0.1) is 0 Å². The molecule has 3 rings (SSSR count). The van der Waals surface area contributed by atoms with Gasteiger partial charge in [0.25, 0.3) is 0 Å². The molecule has 1 aromatic heterocycles. The number of nitrogens with one attached hydrogen (secondary N) is 1. The summed E-state index contributed by atoms with van der Waals surface area (Å²) in [6.07, 6.45) is 0. The van der Waals surface area contributed by atoms with Crippen LogP contribution in [0.5, 0.6) is 11.5 Å². The van der Waals surface area contributed by atoms with Crippen LogP contribution >= 0.6 is 0 Å². The topological polar surface area (TPSA) is 74.1 Å². The molecule has 2 aromatic carbocycles. The number of hydrogen-bond donors (Lipinski definition) is 1. The molecular formula is C18H21N5O2. The lowest BCUT2D eigenvalue weighted by atomic mass is 10.2. The fraction of sp³-hybridized carbons (Fsp3) is 0.278. The molecule has 0 unspecified atom stereocenters. The zero-order valence-corrected chi connectivity index (χ0v) is 14.3. The fourth-order valence-electron chi connectivity index (χ4n) is 2.35. The molecule has 7 heteroatoms. The van der Waals surface area contributed by atoms with E-state index in [-0.39, 0.29) is 0 Å². The summed E-state index contributed by atoms with van der Waals surface area (Å²) in [5.74, 6) is 2.07. The minimum Gasteiger partial charge on any atom is -0.490 e. The Balaban J connectivity index is 1.68. The predicted molar refractivity (Wildman–Crippen MR) is 94.5 cm³/mol. The largest absolute Gasteiger partial charge is 0.490 e. The van der Waals surface area contributed by atoms with Crippen molar-refractivity contribution in [3.63, 3.8) is 0 Å². The first-order chi connectivity index (χ1) is 12.3. The molecule has 0 aliphatic rings. The fourth-order valence-corrected chi connectivity index (χ4v) is 2.35. The van der Waals surface area contributed by atoms with Crippen LogP contribution in [-0.4, -0.2) is 26.8 Å².